The Bertz CT molecular complexity index is 999. The van der Waals surface area contributed by atoms with Crippen LogP contribution < -0.4 is 5.32 Å². The number of carbonyl (C=O) groups is 1. The van der Waals surface area contributed by atoms with Crippen LogP contribution in [0, 0.1) is 13.8 Å². The number of anilines is 1. The molecule has 1 N–H and O–H groups in total. The second-order valence-corrected chi connectivity index (χ2v) is 7.31. The monoisotopic (exact) mass is 414 g/mol. The first-order valence-corrected chi connectivity index (χ1v) is 9.12. The van der Waals surface area contributed by atoms with Gasteiger partial charge in [0.05, 0.1) is 16.3 Å². The summed E-state index contributed by atoms with van der Waals surface area (Å²) in [5, 5.41) is 10.4. The van der Waals surface area contributed by atoms with E-state index >= 15 is 0 Å². The smallest absolute Gasteiger partial charge is 0.325 e. The normalized spacial score (nSPS) is 11.8. The lowest BCUT2D eigenvalue weighted by Gasteiger charge is -2.09. The molecule has 0 aliphatic heterocycles. The molecular weight excluding hydrogens is 401 g/mol. The molecule has 10 heteroatoms. The number of benzene rings is 1. The highest BCUT2D eigenvalue weighted by Gasteiger charge is 2.32. The average Bonchev–Trinajstić information content (AvgIpc) is 2.94. The molecule has 3 aromatic rings. The van der Waals surface area contributed by atoms with Gasteiger partial charge in [0, 0.05) is 11.9 Å². The minimum Gasteiger partial charge on any atom is -0.325 e. The maximum absolute atomic E-state index is 13.0. The van der Waals surface area contributed by atoms with Crippen LogP contribution in [0.5, 0.6) is 0 Å². The molecule has 0 saturated heterocycles. The number of hydrogen-bond donors (Lipinski definition) is 1. The van der Waals surface area contributed by atoms with E-state index < -0.39 is 11.7 Å². The highest BCUT2D eigenvalue weighted by molar-refractivity contribution is 7.99. The molecule has 2 heterocycles. The van der Waals surface area contributed by atoms with Crippen LogP contribution in [0.3, 0.4) is 0 Å². The molecule has 0 unspecified atom stereocenters. The maximum atomic E-state index is 13.0. The summed E-state index contributed by atoms with van der Waals surface area (Å²) in [7, 11) is 0. The Balaban J connectivity index is 1.76. The summed E-state index contributed by atoms with van der Waals surface area (Å²) in [4.78, 5) is 12.2. The van der Waals surface area contributed by atoms with E-state index in [1.807, 2.05) is 32.0 Å². The molecule has 0 spiro atoms. The number of thioether (sulfide) groups is 1. The van der Waals surface area contributed by atoms with E-state index in [2.05, 4.69) is 15.5 Å². The van der Waals surface area contributed by atoms with Crippen LogP contribution in [0.25, 0.3) is 5.65 Å². The van der Waals surface area contributed by atoms with Crippen molar-refractivity contribution in [3.8, 4) is 0 Å². The lowest BCUT2D eigenvalue weighted by molar-refractivity contribution is -0.137. The molecule has 0 fully saturated rings. The lowest BCUT2D eigenvalue weighted by Crippen LogP contribution is -2.14. The quantitative estimate of drug-likeness (QED) is 0.626. The Hall–Kier alpha value is -2.26. The van der Waals surface area contributed by atoms with E-state index in [1.165, 1.54) is 0 Å². The van der Waals surface area contributed by atoms with Gasteiger partial charge in [0.25, 0.3) is 0 Å². The minimum absolute atomic E-state index is 0.0400. The predicted molar refractivity (Wildman–Crippen MR) is 98.3 cm³/mol. The third-order valence-electron chi connectivity index (χ3n) is 3.59. The average molecular weight is 415 g/mol. The van der Waals surface area contributed by atoms with E-state index in [9.17, 15) is 18.0 Å². The van der Waals surface area contributed by atoms with E-state index in [4.69, 9.17) is 11.6 Å². The first-order chi connectivity index (χ1) is 12.6. The molecule has 142 valence electrons. The van der Waals surface area contributed by atoms with Crippen LogP contribution >= 0.6 is 23.4 Å². The molecule has 2 aromatic heterocycles. The summed E-state index contributed by atoms with van der Waals surface area (Å²) in [5.74, 6) is -0.346. The first kappa shape index (κ1) is 19.5. The molecule has 0 aliphatic carbocycles. The van der Waals surface area contributed by atoms with Gasteiger partial charge in [-0.2, -0.15) is 13.2 Å². The van der Waals surface area contributed by atoms with Gasteiger partial charge in [-0.05, 0) is 43.2 Å². The fourth-order valence-electron chi connectivity index (χ4n) is 2.56. The number of aromatic nitrogens is 3. The summed E-state index contributed by atoms with van der Waals surface area (Å²) >= 11 is 6.84. The SMILES string of the molecule is Cc1cc(C)cc(NC(=O)CSc2nnc3c(Cl)cc(C(F)(F)F)cn23)c1. The lowest BCUT2D eigenvalue weighted by atomic mass is 10.1. The van der Waals surface area contributed by atoms with Crippen LogP contribution in [-0.2, 0) is 11.0 Å². The van der Waals surface area contributed by atoms with Crippen LogP contribution in [0.2, 0.25) is 5.02 Å². The Morgan fingerprint density at radius 2 is 1.85 bits per heavy atom. The number of nitrogens with zero attached hydrogens (tertiary/aromatic N) is 3. The van der Waals surface area contributed by atoms with Crippen molar-refractivity contribution in [1.29, 1.82) is 0 Å². The number of amides is 1. The topological polar surface area (TPSA) is 59.3 Å². The summed E-state index contributed by atoms with van der Waals surface area (Å²) in [6.07, 6.45) is -3.68. The van der Waals surface area contributed by atoms with Gasteiger partial charge >= 0.3 is 6.18 Å². The van der Waals surface area contributed by atoms with Crippen molar-refractivity contribution in [2.24, 2.45) is 0 Å². The van der Waals surface area contributed by atoms with E-state index in [-0.39, 0.29) is 27.5 Å². The van der Waals surface area contributed by atoms with Crippen LogP contribution in [0.4, 0.5) is 18.9 Å². The van der Waals surface area contributed by atoms with Crippen LogP contribution in [0.1, 0.15) is 16.7 Å². The predicted octanol–water partition coefficient (Wildman–Crippen LogP) is 4.75. The van der Waals surface area contributed by atoms with Crippen molar-refractivity contribution in [3.05, 3.63) is 52.2 Å². The van der Waals surface area contributed by atoms with Crippen molar-refractivity contribution < 1.29 is 18.0 Å². The summed E-state index contributed by atoms with van der Waals surface area (Å²) in [6.45, 7) is 3.84. The molecule has 1 amide bonds. The Morgan fingerprint density at radius 1 is 1.19 bits per heavy atom. The fourth-order valence-corrected chi connectivity index (χ4v) is 3.52. The summed E-state index contributed by atoms with van der Waals surface area (Å²) < 4.78 is 40.1. The van der Waals surface area contributed by atoms with Crippen molar-refractivity contribution >= 4 is 40.6 Å². The molecular formula is C17H14ClF3N4OS. The zero-order valence-electron chi connectivity index (χ0n) is 14.3. The molecule has 1 aromatic carbocycles. The Labute approximate surface area is 161 Å². The molecule has 0 saturated carbocycles. The molecule has 27 heavy (non-hydrogen) atoms. The van der Waals surface area contributed by atoms with E-state index in [0.717, 1.165) is 39.6 Å². The van der Waals surface area contributed by atoms with Gasteiger partial charge < -0.3 is 5.32 Å². The van der Waals surface area contributed by atoms with E-state index in [1.54, 1.807) is 0 Å². The van der Waals surface area contributed by atoms with Crippen molar-refractivity contribution in [2.45, 2.75) is 25.2 Å². The number of pyridine rings is 1. The van der Waals surface area contributed by atoms with Crippen molar-refractivity contribution in [1.82, 2.24) is 14.6 Å². The van der Waals surface area contributed by atoms with Gasteiger partial charge in [-0.3, -0.25) is 9.20 Å². The van der Waals surface area contributed by atoms with Crippen LogP contribution in [0.15, 0.2) is 35.6 Å². The third kappa shape index (κ3) is 4.54. The number of carbonyl (C=O) groups excluding carboxylic acids is 1. The summed E-state index contributed by atoms with van der Waals surface area (Å²) in [5.41, 5.74) is 1.86. The maximum Gasteiger partial charge on any atom is 0.417 e. The van der Waals surface area contributed by atoms with Gasteiger partial charge in [-0.15, -0.1) is 10.2 Å². The number of hydrogen-bond acceptors (Lipinski definition) is 4. The van der Waals surface area contributed by atoms with Gasteiger partial charge in [0.1, 0.15) is 0 Å². The second-order valence-electron chi connectivity index (χ2n) is 5.96. The molecule has 0 bridgehead atoms. The highest BCUT2D eigenvalue weighted by Crippen LogP contribution is 2.33. The van der Waals surface area contributed by atoms with Crippen LogP contribution in [-0.4, -0.2) is 26.3 Å². The number of alkyl halides is 3. The minimum atomic E-state index is -4.55. The Morgan fingerprint density at radius 3 is 2.48 bits per heavy atom. The third-order valence-corrected chi connectivity index (χ3v) is 4.81. The zero-order valence-corrected chi connectivity index (χ0v) is 15.8. The Kier molecular flexibility index (Phi) is 5.34. The van der Waals surface area contributed by atoms with Gasteiger partial charge in [0.15, 0.2) is 10.8 Å². The fraction of sp³-hybridized carbons (Fsp3) is 0.235. The molecule has 3 rings (SSSR count). The number of aryl methyl sites for hydroxylation is 2. The summed E-state index contributed by atoms with van der Waals surface area (Å²) in [6, 6.07) is 6.44. The van der Waals surface area contributed by atoms with E-state index in [0.29, 0.717) is 5.69 Å². The molecule has 5 nitrogen and oxygen atoms in total. The standard InChI is InChI=1S/C17H14ClF3N4OS/c1-9-3-10(2)5-12(4-9)22-14(26)8-27-16-24-23-15-13(18)6-11(7-25(15)16)17(19,20)21/h3-7H,8H2,1-2H3,(H,22,26). The molecule has 0 aliphatic rings. The highest BCUT2D eigenvalue weighted by atomic mass is 35.5. The van der Waals surface area contributed by atoms with Gasteiger partial charge in [0.2, 0.25) is 5.91 Å². The molecule has 0 atom stereocenters. The number of rotatable bonds is 4. The number of fused-ring (bicyclic) bond motifs is 1. The van der Waals surface area contributed by atoms with Crippen molar-refractivity contribution in [3.63, 3.8) is 0 Å². The molecule has 0 radical (unpaired) electrons. The second kappa shape index (κ2) is 7.40. The zero-order chi connectivity index (χ0) is 19.8. The largest absolute Gasteiger partial charge is 0.417 e. The number of nitrogens with one attached hydrogen (secondary N) is 1. The van der Waals surface area contributed by atoms with Gasteiger partial charge in [-0.25, -0.2) is 0 Å². The van der Waals surface area contributed by atoms with Crippen molar-refractivity contribution in [2.75, 3.05) is 11.1 Å². The number of halogens is 4. The first-order valence-electron chi connectivity index (χ1n) is 7.76. The van der Waals surface area contributed by atoms with Gasteiger partial charge in [-0.1, -0.05) is 29.4 Å².